The molecule has 0 bridgehead atoms. The fraction of sp³-hybridized carbons (Fsp3) is 0.500. The maximum atomic E-state index is 12.1. The van der Waals surface area contributed by atoms with Crippen LogP contribution in [0.25, 0.3) is 0 Å². The lowest BCUT2D eigenvalue weighted by atomic mass is 10.4. The lowest BCUT2D eigenvalue weighted by Crippen LogP contribution is -2.45. The van der Waals surface area contributed by atoms with Crippen LogP contribution in [0.4, 0.5) is 0 Å². The Morgan fingerprint density at radius 2 is 1.65 bits per heavy atom. The van der Waals surface area contributed by atoms with Gasteiger partial charge in [-0.15, -0.1) is 24.8 Å². The average molecular weight is 406 g/mol. The molecule has 1 N–H and O–H groups in total. The van der Waals surface area contributed by atoms with Crippen LogP contribution < -0.4 is 5.32 Å². The largest absolute Gasteiger partial charge is 0.314 e. The van der Waals surface area contributed by atoms with Crippen molar-refractivity contribution in [2.75, 3.05) is 38.5 Å². The topological polar surface area (TPSA) is 49.4 Å². The van der Waals surface area contributed by atoms with Crippen molar-refractivity contribution < 1.29 is 8.42 Å². The Morgan fingerprint density at radius 1 is 1.10 bits per heavy atom. The van der Waals surface area contributed by atoms with Crippen molar-refractivity contribution in [3.63, 3.8) is 0 Å². The summed E-state index contributed by atoms with van der Waals surface area (Å²) in [6.45, 7) is 4.35. The van der Waals surface area contributed by atoms with Crippen LogP contribution in [0.2, 0.25) is 0 Å². The molecular formula is C12H19BrCl2N2O2S. The Labute approximate surface area is 141 Å². The molecule has 8 heteroatoms. The number of sulfone groups is 1. The highest BCUT2D eigenvalue weighted by Crippen LogP contribution is 2.16. The predicted molar refractivity (Wildman–Crippen MR) is 90.0 cm³/mol. The minimum absolute atomic E-state index is 0. The predicted octanol–water partition coefficient (Wildman–Crippen LogP) is 1.97. The highest BCUT2D eigenvalue weighted by molar-refractivity contribution is 9.10. The van der Waals surface area contributed by atoms with E-state index in [0.29, 0.717) is 11.4 Å². The summed E-state index contributed by atoms with van der Waals surface area (Å²) in [5, 5.41) is 3.25. The van der Waals surface area contributed by atoms with Gasteiger partial charge in [0.1, 0.15) is 0 Å². The van der Waals surface area contributed by atoms with Crippen molar-refractivity contribution in [2.45, 2.75) is 4.90 Å². The summed E-state index contributed by atoms with van der Waals surface area (Å²) in [5.74, 6) is 0.189. The quantitative estimate of drug-likeness (QED) is 0.831. The van der Waals surface area contributed by atoms with Crippen LogP contribution >= 0.6 is 40.7 Å². The molecule has 0 unspecified atom stereocenters. The van der Waals surface area contributed by atoms with Crippen molar-refractivity contribution in [3.8, 4) is 0 Å². The third-order valence-electron chi connectivity index (χ3n) is 3.06. The fourth-order valence-electron chi connectivity index (χ4n) is 1.94. The van der Waals surface area contributed by atoms with Gasteiger partial charge in [0, 0.05) is 37.2 Å². The first-order chi connectivity index (χ1) is 8.58. The summed E-state index contributed by atoms with van der Waals surface area (Å²) in [7, 11) is -3.16. The second kappa shape index (κ2) is 9.23. The minimum Gasteiger partial charge on any atom is -0.314 e. The first kappa shape index (κ1) is 20.1. The smallest absolute Gasteiger partial charge is 0.179 e. The van der Waals surface area contributed by atoms with E-state index in [4.69, 9.17) is 0 Å². The maximum absolute atomic E-state index is 12.1. The van der Waals surface area contributed by atoms with E-state index in [1.165, 1.54) is 0 Å². The summed E-state index contributed by atoms with van der Waals surface area (Å²) in [6, 6.07) is 6.82. The molecule has 0 amide bonds. The Morgan fingerprint density at radius 3 is 2.20 bits per heavy atom. The first-order valence-corrected chi connectivity index (χ1v) is 8.44. The van der Waals surface area contributed by atoms with E-state index >= 15 is 0 Å². The number of rotatable bonds is 4. The van der Waals surface area contributed by atoms with Crippen LogP contribution in [0.1, 0.15) is 0 Å². The van der Waals surface area contributed by atoms with Crippen molar-refractivity contribution in [2.24, 2.45) is 0 Å². The molecule has 0 aliphatic carbocycles. The van der Waals surface area contributed by atoms with Crippen LogP contribution in [0.3, 0.4) is 0 Å². The lowest BCUT2D eigenvalue weighted by molar-refractivity contribution is 0.254. The first-order valence-electron chi connectivity index (χ1n) is 5.99. The molecule has 1 fully saturated rings. The molecule has 0 radical (unpaired) electrons. The average Bonchev–Trinajstić information content (AvgIpc) is 2.38. The van der Waals surface area contributed by atoms with Crippen molar-refractivity contribution >= 4 is 50.6 Å². The van der Waals surface area contributed by atoms with Gasteiger partial charge in [0.15, 0.2) is 9.84 Å². The van der Waals surface area contributed by atoms with E-state index in [0.717, 1.165) is 30.7 Å². The van der Waals surface area contributed by atoms with Gasteiger partial charge >= 0.3 is 0 Å². The summed E-state index contributed by atoms with van der Waals surface area (Å²) in [5.41, 5.74) is 0. The van der Waals surface area contributed by atoms with Gasteiger partial charge < -0.3 is 5.32 Å². The molecule has 2 rings (SSSR count). The molecule has 0 atom stereocenters. The number of hydrogen-bond acceptors (Lipinski definition) is 4. The number of benzene rings is 1. The van der Waals surface area contributed by atoms with Crippen molar-refractivity contribution in [1.82, 2.24) is 10.2 Å². The number of nitrogens with zero attached hydrogens (tertiary/aromatic N) is 1. The summed E-state index contributed by atoms with van der Waals surface area (Å²) in [4.78, 5) is 2.59. The van der Waals surface area contributed by atoms with Gasteiger partial charge in [-0.05, 0) is 24.3 Å². The molecule has 0 aromatic heterocycles. The Balaban J connectivity index is 0.00000180. The lowest BCUT2D eigenvalue weighted by Gasteiger charge is -2.26. The molecule has 0 spiro atoms. The second-order valence-corrected chi connectivity index (χ2v) is 7.39. The van der Waals surface area contributed by atoms with E-state index in [-0.39, 0.29) is 30.6 Å². The second-order valence-electron chi connectivity index (χ2n) is 4.36. The van der Waals surface area contributed by atoms with Crippen molar-refractivity contribution in [1.29, 1.82) is 0 Å². The molecule has 1 heterocycles. The van der Waals surface area contributed by atoms with Gasteiger partial charge in [-0.1, -0.05) is 15.9 Å². The van der Waals surface area contributed by atoms with E-state index in [1.54, 1.807) is 24.3 Å². The zero-order chi connectivity index (χ0) is 13.0. The van der Waals surface area contributed by atoms with Crippen LogP contribution in [0, 0.1) is 0 Å². The van der Waals surface area contributed by atoms with Crippen molar-refractivity contribution in [3.05, 3.63) is 28.7 Å². The Kier molecular flexibility index (Phi) is 9.29. The molecule has 0 saturated carbocycles. The zero-order valence-electron chi connectivity index (χ0n) is 10.9. The van der Waals surface area contributed by atoms with Gasteiger partial charge in [0.25, 0.3) is 0 Å². The number of nitrogens with one attached hydrogen (secondary N) is 1. The maximum Gasteiger partial charge on any atom is 0.179 e. The molecular weight excluding hydrogens is 387 g/mol. The highest BCUT2D eigenvalue weighted by atomic mass is 79.9. The highest BCUT2D eigenvalue weighted by Gasteiger charge is 2.17. The van der Waals surface area contributed by atoms with Gasteiger partial charge in [0.05, 0.1) is 10.6 Å². The van der Waals surface area contributed by atoms with Crippen LogP contribution in [0.5, 0.6) is 0 Å². The van der Waals surface area contributed by atoms with Gasteiger partial charge in [-0.3, -0.25) is 4.90 Å². The third-order valence-corrected chi connectivity index (χ3v) is 5.30. The summed E-state index contributed by atoms with van der Waals surface area (Å²) in [6.07, 6.45) is 0. The van der Waals surface area contributed by atoms with E-state index in [9.17, 15) is 8.42 Å². The molecule has 20 heavy (non-hydrogen) atoms. The SMILES string of the molecule is Cl.Cl.O=S(=O)(CCN1CCNCC1)c1ccc(Br)cc1. The molecule has 1 aliphatic rings. The monoisotopic (exact) mass is 404 g/mol. The van der Waals surface area contributed by atoms with E-state index in [1.807, 2.05) is 0 Å². The molecule has 1 aliphatic heterocycles. The molecule has 1 aromatic rings. The summed E-state index contributed by atoms with van der Waals surface area (Å²) < 4.78 is 25.1. The zero-order valence-corrected chi connectivity index (χ0v) is 15.0. The molecule has 116 valence electrons. The summed E-state index contributed by atoms with van der Waals surface area (Å²) >= 11 is 3.30. The van der Waals surface area contributed by atoms with Crippen LogP contribution in [-0.4, -0.2) is 51.8 Å². The fourth-order valence-corrected chi connectivity index (χ4v) is 3.49. The number of hydrogen-bond donors (Lipinski definition) is 1. The number of piperazine rings is 1. The van der Waals surface area contributed by atoms with Gasteiger partial charge in [-0.25, -0.2) is 8.42 Å². The minimum atomic E-state index is -3.16. The van der Waals surface area contributed by atoms with Gasteiger partial charge in [0.2, 0.25) is 0 Å². The van der Waals surface area contributed by atoms with Crippen LogP contribution in [0.15, 0.2) is 33.6 Å². The Hall–Kier alpha value is 0.150. The van der Waals surface area contributed by atoms with Gasteiger partial charge in [-0.2, -0.15) is 0 Å². The van der Waals surface area contributed by atoms with E-state index in [2.05, 4.69) is 26.1 Å². The van der Waals surface area contributed by atoms with Crippen LogP contribution in [-0.2, 0) is 9.84 Å². The molecule has 1 aromatic carbocycles. The molecule has 1 saturated heterocycles. The standard InChI is InChI=1S/C12H17BrN2O2S.2ClH/c13-11-1-3-12(4-2-11)18(16,17)10-9-15-7-5-14-6-8-15;;/h1-4,14H,5-10H2;2*1H. The normalized spacial score (nSPS) is 16.1. The number of halogens is 3. The van der Waals surface area contributed by atoms with E-state index < -0.39 is 9.84 Å². The third kappa shape index (κ3) is 5.87. The Bertz CT molecular complexity index is 491. The molecule has 4 nitrogen and oxygen atoms in total.